The van der Waals surface area contributed by atoms with E-state index in [1.165, 1.54) is 11.1 Å². The fraction of sp³-hybridized carbons (Fsp3) is 0.312. The number of carbonyl (C=O) groups excluding carboxylic acids is 2. The SMILES string of the molecule is CCC(NC(=O)c1cnc2c(c1)N(C)C(=O)CN2)c1cccs1. The minimum absolute atomic E-state index is 0.0176. The van der Waals surface area contributed by atoms with Crippen LogP contribution in [-0.2, 0) is 4.79 Å². The zero-order chi connectivity index (χ0) is 16.4. The third kappa shape index (κ3) is 3.05. The van der Waals surface area contributed by atoms with E-state index in [9.17, 15) is 9.59 Å². The molecule has 0 fully saturated rings. The fourth-order valence-electron chi connectivity index (χ4n) is 2.49. The molecule has 1 aliphatic rings. The first-order chi connectivity index (χ1) is 11.1. The lowest BCUT2D eigenvalue weighted by molar-refractivity contribution is -0.116. The summed E-state index contributed by atoms with van der Waals surface area (Å²) in [5.41, 5.74) is 1.07. The van der Waals surface area contributed by atoms with Crippen LogP contribution >= 0.6 is 11.3 Å². The molecule has 2 aromatic rings. The molecule has 0 saturated heterocycles. The van der Waals surface area contributed by atoms with Gasteiger partial charge in [0.2, 0.25) is 5.91 Å². The summed E-state index contributed by atoms with van der Waals surface area (Å²) < 4.78 is 0. The first kappa shape index (κ1) is 15.5. The second-order valence-corrected chi connectivity index (χ2v) is 6.33. The van der Waals surface area contributed by atoms with Gasteiger partial charge in [-0.15, -0.1) is 11.3 Å². The number of fused-ring (bicyclic) bond motifs is 1. The topological polar surface area (TPSA) is 74.3 Å². The first-order valence-corrected chi connectivity index (χ1v) is 8.33. The summed E-state index contributed by atoms with van der Waals surface area (Å²) in [4.78, 5) is 31.2. The zero-order valence-corrected chi connectivity index (χ0v) is 13.8. The van der Waals surface area contributed by atoms with Gasteiger partial charge in [-0.25, -0.2) is 4.98 Å². The average molecular weight is 330 g/mol. The van der Waals surface area contributed by atoms with Crippen molar-refractivity contribution in [1.82, 2.24) is 10.3 Å². The molecule has 23 heavy (non-hydrogen) atoms. The Balaban J connectivity index is 1.81. The summed E-state index contributed by atoms with van der Waals surface area (Å²) >= 11 is 1.62. The van der Waals surface area contributed by atoms with E-state index in [1.807, 2.05) is 24.4 Å². The van der Waals surface area contributed by atoms with Gasteiger partial charge in [0.15, 0.2) is 0 Å². The van der Waals surface area contributed by atoms with Gasteiger partial charge < -0.3 is 15.5 Å². The predicted molar refractivity (Wildman–Crippen MR) is 91.0 cm³/mol. The number of nitrogens with zero attached hydrogens (tertiary/aromatic N) is 2. The Morgan fingerprint density at radius 1 is 1.57 bits per heavy atom. The molecule has 0 saturated carbocycles. The maximum Gasteiger partial charge on any atom is 0.253 e. The Labute approximate surface area is 138 Å². The molecule has 2 amide bonds. The smallest absolute Gasteiger partial charge is 0.253 e. The number of hydrogen-bond acceptors (Lipinski definition) is 5. The van der Waals surface area contributed by atoms with Gasteiger partial charge >= 0.3 is 0 Å². The second-order valence-electron chi connectivity index (χ2n) is 5.35. The molecule has 0 bridgehead atoms. The Morgan fingerprint density at radius 2 is 2.39 bits per heavy atom. The molecule has 0 radical (unpaired) electrons. The van der Waals surface area contributed by atoms with Crippen LogP contribution in [0.1, 0.15) is 34.6 Å². The van der Waals surface area contributed by atoms with Gasteiger partial charge in [-0.3, -0.25) is 9.59 Å². The highest BCUT2D eigenvalue weighted by molar-refractivity contribution is 7.10. The van der Waals surface area contributed by atoms with Crippen LogP contribution in [0.25, 0.3) is 0 Å². The van der Waals surface area contributed by atoms with E-state index in [-0.39, 0.29) is 24.4 Å². The molecule has 1 aliphatic heterocycles. The summed E-state index contributed by atoms with van der Waals surface area (Å²) in [5.74, 6) is 0.378. The average Bonchev–Trinajstić information content (AvgIpc) is 3.10. The van der Waals surface area contributed by atoms with Crippen LogP contribution in [0.3, 0.4) is 0 Å². The lowest BCUT2D eigenvalue weighted by Gasteiger charge is -2.26. The summed E-state index contributed by atoms with van der Waals surface area (Å²) in [6.45, 7) is 2.25. The monoisotopic (exact) mass is 330 g/mol. The fourth-order valence-corrected chi connectivity index (χ4v) is 3.35. The molecule has 1 unspecified atom stereocenters. The number of rotatable bonds is 4. The van der Waals surface area contributed by atoms with Crippen molar-refractivity contribution in [2.24, 2.45) is 0 Å². The van der Waals surface area contributed by atoms with E-state index in [1.54, 1.807) is 24.5 Å². The van der Waals surface area contributed by atoms with E-state index in [4.69, 9.17) is 0 Å². The molecule has 0 spiro atoms. The third-order valence-electron chi connectivity index (χ3n) is 3.87. The summed E-state index contributed by atoms with van der Waals surface area (Å²) in [5, 5.41) is 7.97. The lowest BCUT2D eigenvalue weighted by Crippen LogP contribution is -2.37. The number of likely N-dealkylation sites (N-methyl/N-ethyl adjacent to an activating group) is 1. The summed E-state index contributed by atoms with van der Waals surface area (Å²) in [7, 11) is 1.69. The molecule has 2 N–H and O–H groups in total. The minimum atomic E-state index is -0.188. The Bertz CT molecular complexity index is 730. The van der Waals surface area contributed by atoms with Gasteiger partial charge in [-0.05, 0) is 23.9 Å². The molecule has 0 aliphatic carbocycles. The van der Waals surface area contributed by atoms with Crippen LogP contribution < -0.4 is 15.5 Å². The Morgan fingerprint density at radius 3 is 3.09 bits per heavy atom. The van der Waals surface area contributed by atoms with Crippen molar-refractivity contribution in [3.63, 3.8) is 0 Å². The molecule has 1 atom stereocenters. The lowest BCUT2D eigenvalue weighted by atomic mass is 10.1. The van der Waals surface area contributed by atoms with E-state index < -0.39 is 0 Å². The predicted octanol–water partition coefficient (Wildman–Crippen LogP) is 2.41. The van der Waals surface area contributed by atoms with Gasteiger partial charge in [0.1, 0.15) is 5.82 Å². The first-order valence-electron chi connectivity index (χ1n) is 7.45. The van der Waals surface area contributed by atoms with Crippen molar-refractivity contribution < 1.29 is 9.59 Å². The van der Waals surface area contributed by atoms with Gasteiger partial charge in [-0.1, -0.05) is 13.0 Å². The number of nitrogens with one attached hydrogen (secondary N) is 2. The van der Waals surface area contributed by atoms with Crippen LogP contribution in [0.2, 0.25) is 0 Å². The number of thiophene rings is 1. The number of anilines is 2. The highest BCUT2D eigenvalue weighted by atomic mass is 32.1. The van der Waals surface area contributed by atoms with Gasteiger partial charge in [0, 0.05) is 18.1 Å². The van der Waals surface area contributed by atoms with Crippen molar-refractivity contribution in [3.8, 4) is 0 Å². The largest absolute Gasteiger partial charge is 0.359 e. The molecule has 7 heteroatoms. The molecule has 120 valence electrons. The van der Waals surface area contributed by atoms with Gasteiger partial charge in [0.25, 0.3) is 5.91 Å². The summed E-state index contributed by atoms with van der Waals surface area (Å²) in [6, 6.07) is 5.67. The van der Waals surface area contributed by atoms with Crippen LogP contribution in [0.15, 0.2) is 29.8 Å². The van der Waals surface area contributed by atoms with E-state index in [0.717, 1.165) is 11.3 Å². The molecule has 3 heterocycles. The number of pyridine rings is 1. The minimum Gasteiger partial charge on any atom is -0.359 e. The van der Waals surface area contributed by atoms with Crippen LogP contribution in [0.5, 0.6) is 0 Å². The Kier molecular flexibility index (Phi) is 4.29. The molecule has 6 nitrogen and oxygen atoms in total. The van der Waals surface area contributed by atoms with E-state index in [2.05, 4.69) is 15.6 Å². The van der Waals surface area contributed by atoms with E-state index in [0.29, 0.717) is 17.1 Å². The molecular formula is C16H18N4O2S. The normalized spacial score (nSPS) is 14.9. The molecule has 2 aromatic heterocycles. The van der Waals surface area contributed by atoms with Gasteiger partial charge in [0.05, 0.1) is 23.8 Å². The zero-order valence-electron chi connectivity index (χ0n) is 13.0. The van der Waals surface area contributed by atoms with Crippen molar-refractivity contribution in [2.75, 3.05) is 23.8 Å². The maximum atomic E-state index is 12.5. The number of aromatic nitrogens is 1. The van der Waals surface area contributed by atoms with Crippen molar-refractivity contribution >= 4 is 34.7 Å². The Hall–Kier alpha value is -2.41. The highest BCUT2D eigenvalue weighted by Gasteiger charge is 2.23. The number of amides is 2. The molecule has 3 rings (SSSR count). The van der Waals surface area contributed by atoms with Crippen LogP contribution in [-0.4, -0.2) is 30.4 Å². The van der Waals surface area contributed by atoms with Crippen LogP contribution in [0, 0.1) is 0 Å². The van der Waals surface area contributed by atoms with Crippen molar-refractivity contribution in [2.45, 2.75) is 19.4 Å². The third-order valence-corrected chi connectivity index (χ3v) is 4.86. The second kappa shape index (κ2) is 6.37. The summed E-state index contributed by atoms with van der Waals surface area (Å²) in [6.07, 6.45) is 2.34. The van der Waals surface area contributed by atoms with Crippen molar-refractivity contribution in [3.05, 3.63) is 40.2 Å². The molecular weight excluding hydrogens is 312 g/mol. The van der Waals surface area contributed by atoms with Crippen LogP contribution in [0.4, 0.5) is 11.5 Å². The number of hydrogen-bond donors (Lipinski definition) is 2. The molecule has 0 aromatic carbocycles. The highest BCUT2D eigenvalue weighted by Crippen LogP contribution is 2.28. The maximum absolute atomic E-state index is 12.5. The standard InChI is InChI=1S/C16H18N4O2S/c1-3-11(13-5-4-6-23-13)19-16(22)10-7-12-15(17-8-10)18-9-14(21)20(12)2/h4-8,11H,3,9H2,1-2H3,(H,17,18)(H,19,22). The van der Waals surface area contributed by atoms with Gasteiger partial charge in [-0.2, -0.15) is 0 Å². The number of carbonyl (C=O) groups is 2. The quantitative estimate of drug-likeness (QED) is 0.903. The van der Waals surface area contributed by atoms with Crippen molar-refractivity contribution in [1.29, 1.82) is 0 Å². The van der Waals surface area contributed by atoms with E-state index >= 15 is 0 Å².